The fourth-order valence-corrected chi connectivity index (χ4v) is 1.67. The van der Waals surface area contributed by atoms with E-state index in [-0.39, 0.29) is 12.5 Å². The zero-order valence-electron chi connectivity index (χ0n) is 10.8. The molecule has 0 fully saturated rings. The fourth-order valence-electron chi connectivity index (χ4n) is 1.67. The van der Waals surface area contributed by atoms with Gasteiger partial charge >= 0.3 is 0 Å². The fraction of sp³-hybridized carbons (Fsp3) is 0.400. The van der Waals surface area contributed by atoms with Crippen molar-refractivity contribution in [1.82, 2.24) is 5.32 Å². The quantitative estimate of drug-likeness (QED) is 0.726. The van der Waals surface area contributed by atoms with Gasteiger partial charge < -0.3 is 10.4 Å². The van der Waals surface area contributed by atoms with E-state index in [9.17, 15) is 4.79 Å². The van der Waals surface area contributed by atoms with Gasteiger partial charge in [0.25, 0.3) is 0 Å². The van der Waals surface area contributed by atoms with Crippen molar-refractivity contribution in [2.45, 2.75) is 19.8 Å². The summed E-state index contributed by atoms with van der Waals surface area (Å²) in [6.45, 7) is 2.86. The average molecular weight is 247 g/mol. The first kappa shape index (κ1) is 14.5. The number of aliphatic hydroxyl groups excluding tert-OH is 1. The molecule has 1 atom stereocenters. The minimum atomic E-state index is -0.0877. The molecule has 98 valence electrons. The molecule has 0 aliphatic carbocycles. The van der Waals surface area contributed by atoms with Crippen LogP contribution in [-0.2, 0) is 4.79 Å². The SMILES string of the molecule is CCC(CCO)CNC(=O)C=Cc1ccccc1. The zero-order valence-corrected chi connectivity index (χ0v) is 10.8. The molecule has 0 aliphatic heterocycles. The van der Waals surface area contributed by atoms with Crippen LogP contribution in [0.25, 0.3) is 6.08 Å². The third-order valence-electron chi connectivity index (χ3n) is 2.91. The van der Waals surface area contributed by atoms with Crippen molar-refractivity contribution in [2.75, 3.05) is 13.2 Å². The third kappa shape index (κ3) is 5.64. The summed E-state index contributed by atoms with van der Waals surface area (Å²) in [7, 11) is 0. The van der Waals surface area contributed by atoms with Crippen molar-refractivity contribution in [1.29, 1.82) is 0 Å². The van der Waals surface area contributed by atoms with Crippen LogP contribution in [0.1, 0.15) is 25.3 Å². The minimum absolute atomic E-state index is 0.0877. The van der Waals surface area contributed by atoms with Crippen LogP contribution in [0.4, 0.5) is 0 Å². The van der Waals surface area contributed by atoms with Gasteiger partial charge in [-0.2, -0.15) is 0 Å². The first-order valence-electron chi connectivity index (χ1n) is 6.38. The maximum Gasteiger partial charge on any atom is 0.244 e. The summed E-state index contributed by atoms with van der Waals surface area (Å²) in [6.07, 6.45) is 5.03. The molecular weight excluding hydrogens is 226 g/mol. The molecule has 0 saturated carbocycles. The van der Waals surface area contributed by atoms with Gasteiger partial charge in [0.1, 0.15) is 0 Å². The maximum atomic E-state index is 11.6. The van der Waals surface area contributed by atoms with Gasteiger partial charge in [0.05, 0.1) is 0 Å². The van der Waals surface area contributed by atoms with Gasteiger partial charge in [-0.3, -0.25) is 4.79 Å². The molecule has 0 spiro atoms. The summed E-state index contributed by atoms with van der Waals surface area (Å²) >= 11 is 0. The van der Waals surface area contributed by atoms with E-state index in [1.165, 1.54) is 0 Å². The lowest BCUT2D eigenvalue weighted by Crippen LogP contribution is -2.28. The summed E-state index contributed by atoms with van der Waals surface area (Å²) in [5, 5.41) is 11.7. The monoisotopic (exact) mass is 247 g/mol. The molecule has 1 aromatic rings. The van der Waals surface area contributed by atoms with E-state index < -0.39 is 0 Å². The molecule has 1 unspecified atom stereocenters. The van der Waals surface area contributed by atoms with Gasteiger partial charge in [0.15, 0.2) is 0 Å². The van der Waals surface area contributed by atoms with E-state index in [1.807, 2.05) is 30.3 Å². The van der Waals surface area contributed by atoms with Crippen molar-refractivity contribution in [2.24, 2.45) is 5.92 Å². The molecule has 1 rings (SSSR count). The Morgan fingerprint density at radius 1 is 1.39 bits per heavy atom. The van der Waals surface area contributed by atoms with Crippen LogP contribution in [0, 0.1) is 5.92 Å². The molecule has 0 radical (unpaired) electrons. The van der Waals surface area contributed by atoms with Gasteiger partial charge in [0, 0.05) is 19.2 Å². The third-order valence-corrected chi connectivity index (χ3v) is 2.91. The Balaban J connectivity index is 2.35. The predicted molar refractivity (Wildman–Crippen MR) is 74.0 cm³/mol. The molecule has 2 N–H and O–H groups in total. The average Bonchev–Trinajstić information content (AvgIpc) is 2.42. The van der Waals surface area contributed by atoms with E-state index >= 15 is 0 Å². The van der Waals surface area contributed by atoms with Crippen LogP contribution in [-0.4, -0.2) is 24.2 Å². The van der Waals surface area contributed by atoms with E-state index in [0.29, 0.717) is 12.5 Å². The number of nitrogens with one attached hydrogen (secondary N) is 1. The summed E-state index contributed by atoms with van der Waals surface area (Å²) in [4.78, 5) is 11.6. The number of hydrogen-bond donors (Lipinski definition) is 2. The minimum Gasteiger partial charge on any atom is -0.396 e. The Hall–Kier alpha value is -1.61. The molecule has 3 nitrogen and oxygen atoms in total. The summed E-state index contributed by atoms with van der Waals surface area (Å²) < 4.78 is 0. The second kappa shape index (κ2) is 8.48. The predicted octanol–water partition coefficient (Wildman–Crippen LogP) is 2.22. The van der Waals surface area contributed by atoms with Gasteiger partial charge in [-0.1, -0.05) is 43.7 Å². The Bertz CT molecular complexity index is 373. The van der Waals surface area contributed by atoms with Crippen molar-refractivity contribution in [3.63, 3.8) is 0 Å². The summed E-state index contributed by atoms with van der Waals surface area (Å²) in [5.41, 5.74) is 1.01. The molecule has 18 heavy (non-hydrogen) atoms. The van der Waals surface area contributed by atoms with Crippen LogP contribution < -0.4 is 5.32 Å². The van der Waals surface area contributed by atoms with Crippen LogP contribution in [0.15, 0.2) is 36.4 Å². The molecule has 1 aromatic carbocycles. The highest BCUT2D eigenvalue weighted by Crippen LogP contribution is 2.05. The van der Waals surface area contributed by atoms with Crippen LogP contribution >= 0.6 is 0 Å². The summed E-state index contributed by atoms with van der Waals surface area (Å²) in [5.74, 6) is 0.263. The highest BCUT2D eigenvalue weighted by Gasteiger charge is 2.06. The molecule has 0 aromatic heterocycles. The number of hydrogen-bond acceptors (Lipinski definition) is 2. The van der Waals surface area contributed by atoms with Crippen molar-refractivity contribution >= 4 is 12.0 Å². The second-order valence-corrected chi connectivity index (χ2v) is 4.28. The number of aliphatic hydroxyl groups is 1. The van der Waals surface area contributed by atoms with E-state index in [2.05, 4.69) is 12.2 Å². The van der Waals surface area contributed by atoms with Gasteiger partial charge in [-0.25, -0.2) is 0 Å². The van der Waals surface area contributed by atoms with Crippen molar-refractivity contribution in [3.05, 3.63) is 42.0 Å². The van der Waals surface area contributed by atoms with Crippen LogP contribution in [0.2, 0.25) is 0 Å². The highest BCUT2D eigenvalue weighted by molar-refractivity contribution is 5.91. The lowest BCUT2D eigenvalue weighted by molar-refractivity contribution is -0.116. The molecule has 0 heterocycles. The Labute approximate surface area is 109 Å². The number of amides is 1. The number of carbonyl (C=O) groups is 1. The lowest BCUT2D eigenvalue weighted by atomic mass is 10.0. The molecule has 0 aliphatic rings. The van der Waals surface area contributed by atoms with E-state index in [1.54, 1.807) is 12.2 Å². The van der Waals surface area contributed by atoms with Crippen LogP contribution in [0.3, 0.4) is 0 Å². The van der Waals surface area contributed by atoms with Crippen LogP contribution in [0.5, 0.6) is 0 Å². The first-order valence-corrected chi connectivity index (χ1v) is 6.38. The molecular formula is C15H21NO2. The summed E-state index contributed by atoms with van der Waals surface area (Å²) in [6, 6.07) is 9.71. The normalized spacial score (nSPS) is 12.6. The highest BCUT2D eigenvalue weighted by atomic mass is 16.3. The van der Waals surface area contributed by atoms with Crippen molar-refractivity contribution in [3.8, 4) is 0 Å². The smallest absolute Gasteiger partial charge is 0.244 e. The Morgan fingerprint density at radius 2 is 2.11 bits per heavy atom. The molecule has 1 amide bonds. The standard InChI is InChI=1S/C15H21NO2/c1-2-13(10-11-17)12-16-15(18)9-8-14-6-4-3-5-7-14/h3-9,13,17H,2,10-12H2,1H3,(H,16,18). The van der Waals surface area contributed by atoms with Gasteiger partial charge in [-0.15, -0.1) is 0 Å². The largest absolute Gasteiger partial charge is 0.396 e. The van der Waals surface area contributed by atoms with Gasteiger partial charge in [0.2, 0.25) is 5.91 Å². The van der Waals surface area contributed by atoms with E-state index in [0.717, 1.165) is 18.4 Å². The second-order valence-electron chi connectivity index (χ2n) is 4.28. The first-order chi connectivity index (χ1) is 8.76. The Morgan fingerprint density at radius 3 is 2.72 bits per heavy atom. The Kier molecular flexibility index (Phi) is 6.81. The molecule has 3 heteroatoms. The number of benzene rings is 1. The maximum absolute atomic E-state index is 11.6. The van der Waals surface area contributed by atoms with E-state index in [4.69, 9.17) is 5.11 Å². The molecule has 0 bridgehead atoms. The number of rotatable bonds is 7. The van der Waals surface area contributed by atoms with Gasteiger partial charge in [-0.05, 0) is 24.0 Å². The lowest BCUT2D eigenvalue weighted by Gasteiger charge is -2.13. The molecule has 0 saturated heterocycles. The topological polar surface area (TPSA) is 49.3 Å². The number of carbonyl (C=O) groups excluding carboxylic acids is 1. The van der Waals surface area contributed by atoms with Crippen molar-refractivity contribution < 1.29 is 9.90 Å². The zero-order chi connectivity index (χ0) is 13.2.